The van der Waals surface area contributed by atoms with Gasteiger partial charge in [0.15, 0.2) is 0 Å². The number of allylic oxidation sites excluding steroid dienone is 1. The van der Waals surface area contributed by atoms with E-state index < -0.39 is 0 Å². The van der Waals surface area contributed by atoms with E-state index in [0.717, 1.165) is 6.42 Å². The van der Waals surface area contributed by atoms with Crippen molar-refractivity contribution in [1.82, 2.24) is 0 Å². The Hall–Kier alpha value is -1.82. The maximum atomic E-state index is 3.56. The minimum Gasteiger partial charge on any atom is -0.100 e. The quantitative estimate of drug-likeness (QED) is 0.463. The zero-order valence-corrected chi connectivity index (χ0v) is 17.6. The van der Waals surface area contributed by atoms with Gasteiger partial charge in [0.05, 0.1) is 0 Å². The maximum Gasteiger partial charge on any atom is -0.0307 e. The van der Waals surface area contributed by atoms with Crippen LogP contribution in [0.15, 0.2) is 66.7 Å². The second-order valence-corrected chi connectivity index (χ2v) is 5.20. The van der Waals surface area contributed by atoms with Gasteiger partial charge in [0, 0.05) is 0 Å². The van der Waals surface area contributed by atoms with E-state index in [0.29, 0.717) is 0 Å². The Kier molecular flexibility index (Phi) is 23.9. The fourth-order valence-corrected chi connectivity index (χ4v) is 1.35. The van der Waals surface area contributed by atoms with Gasteiger partial charge in [-0.05, 0) is 39.7 Å². The molecule has 0 nitrogen and oxygen atoms in total. The number of hydrogen-bond acceptors (Lipinski definition) is 0. The van der Waals surface area contributed by atoms with Crippen LogP contribution in [0, 0.1) is 13.8 Å². The molecule has 0 atom stereocenters. The van der Waals surface area contributed by atoms with Crippen molar-refractivity contribution in [2.45, 2.75) is 68.7 Å². The Morgan fingerprint density at radius 3 is 1.21 bits per heavy atom. The molecule has 0 fully saturated rings. The van der Waals surface area contributed by atoms with Crippen LogP contribution in [0.4, 0.5) is 0 Å². The number of rotatable bonds is 1. The smallest absolute Gasteiger partial charge is 0.0307 e. The zero-order chi connectivity index (χ0) is 19.4. The summed E-state index contributed by atoms with van der Waals surface area (Å²) in [5.74, 6) is 0. The summed E-state index contributed by atoms with van der Waals surface area (Å²) in [4.78, 5) is 0. The second kappa shape index (κ2) is 21.2. The Balaban J connectivity index is -0.000000261. The number of aryl methyl sites for hydroxylation is 3. The highest BCUT2D eigenvalue weighted by Gasteiger charge is 1.80. The summed E-state index contributed by atoms with van der Waals surface area (Å²) in [5, 5.41) is 0. The van der Waals surface area contributed by atoms with Gasteiger partial charge < -0.3 is 0 Å². The fraction of sp³-hybridized carbons (Fsp3) is 0.417. The molecule has 0 spiro atoms. The summed E-state index contributed by atoms with van der Waals surface area (Å²) in [5.41, 5.74) is 5.23. The van der Waals surface area contributed by atoms with Crippen LogP contribution in [-0.4, -0.2) is 0 Å². The summed E-state index contributed by atoms with van der Waals surface area (Å²) in [6.45, 7) is 21.9. The standard InChI is InChI=1S/2C8H10.C4H8.2C2H6/c1-7-3-5-8(2)6-4-7;1-2-8-6-4-3-5-7-8;1-4(2)3;2*1-2/h3-6H,1-2H3;3-7H,2H2,1H3;1H2,2-3H3;2*1-2H3. The van der Waals surface area contributed by atoms with Crippen LogP contribution in [0.3, 0.4) is 0 Å². The largest absolute Gasteiger partial charge is 0.100 e. The van der Waals surface area contributed by atoms with Gasteiger partial charge in [0.25, 0.3) is 0 Å². The molecule has 24 heavy (non-hydrogen) atoms. The van der Waals surface area contributed by atoms with Crippen molar-refractivity contribution >= 4 is 0 Å². The first-order chi connectivity index (χ1) is 11.5. The summed E-state index contributed by atoms with van der Waals surface area (Å²) < 4.78 is 0. The van der Waals surface area contributed by atoms with Crippen molar-refractivity contribution in [2.75, 3.05) is 0 Å². The van der Waals surface area contributed by atoms with E-state index in [2.05, 4.69) is 75.9 Å². The monoisotopic (exact) mass is 328 g/mol. The SMILES string of the molecule is C=C(C)C.CC.CC.CCc1ccccc1.Cc1ccc(C)cc1. The molecule has 0 aliphatic rings. The Morgan fingerprint density at radius 1 is 0.708 bits per heavy atom. The first-order valence-corrected chi connectivity index (χ1v) is 9.15. The van der Waals surface area contributed by atoms with Crippen LogP contribution in [0.1, 0.15) is 65.2 Å². The highest BCUT2D eigenvalue weighted by molar-refractivity contribution is 5.19. The Morgan fingerprint density at radius 2 is 1.00 bits per heavy atom. The molecule has 0 bridgehead atoms. The third kappa shape index (κ3) is 22.5. The van der Waals surface area contributed by atoms with Gasteiger partial charge >= 0.3 is 0 Å². The highest BCUT2D eigenvalue weighted by Crippen LogP contribution is 1.99. The molecular formula is C24H40. The summed E-state index contributed by atoms with van der Waals surface area (Å²) in [6.07, 6.45) is 1.14. The third-order valence-corrected chi connectivity index (χ3v) is 2.47. The maximum absolute atomic E-state index is 3.56. The van der Waals surface area contributed by atoms with Crippen LogP contribution < -0.4 is 0 Å². The van der Waals surface area contributed by atoms with Gasteiger partial charge in [0.1, 0.15) is 0 Å². The molecule has 0 N–H and O–H groups in total. The molecule has 0 aliphatic carbocycles. The molecule has 0 aromatic heterocycles. The second-order valence-electron chi connectivity index (χ2n) is 5.20. The van der Waals surface area contributed by atoms with E-state index in [1.807, 2.05) is 47.6 Å². The summed E-state index contributed by atoms with van der Waals surface area (Å²) in [6, 6.07) is 18.9. The van der Waals surface area contributed by atoms with Gasteiger partial charge in [-0.2, -0.15) is 0 Å². The average molecular weight is 329 g/mol. The lowest BCUT2D eigenvalue weighted by Crippen LogP contribution is -1.73. The Bertz CT molecular complexity index is 438. The molecule has 0 unspecified atom stereocenters. The van der Waals surface area contributed by atoms with E-state index >= 15 is 0 Å². The zero-order valence-electron chi connectivity index (χ0n) is 17.6. The molecule has 0 heterocycles. The van der Waals surface area contributed by atoms with E-state index in [4.69, 9.17) is 0 Å². The molecular weight excluding hydrogens is 288 g/mol. The lowest BCUT2D eigenvalue weighted by atomic mass is 10.2. The fourth-order valence-electron chi connectivity index (χ4n) is 1.35. The third-order valence-electron chi connectivity index (χ3n) is 2.47. The number of benzene rings is 2. The minimum absolute atomic E-state index is 1.14. The predicted molar refractivity (Wildman–Crippen MR) is 115 cm³/mol. The van der Waals surface area contributed by atoms with Crippen molar-refractivity contribution in [3.05, 3.63) is 83.4 Å². The topological polar surface area (TPSA) is 0 Å². The summed E-state index contributed by atoms with van der Waals surface area (Å²) in [7, 11) is 0. The van der Waals surface area contributed by atoms with Crippen LogP contribution in [0.25, 0.3) is 0 Å². The first-order valence-electron chi connectivity index (χ1n) is 9.15. The molecule has 0 saturated heterocycles. The summed E-state index contributed by atoms with van der Waals surface area (Å²) >= 11 is 0. The Labute approximate surface area is 152 Å². The predicted octanol–water partition coefficient (Wildman–Crippen LogP) is 8.19. The van der Waals surface area contributed by atoms with Crippen molar-refractivity contribution in [1.29, 1.82) is 0 Å². The van der Waals surface area contributed by atoms with Crippen molar-refractivity contribution in [3.8, 4) is 0 Å². The molecule has 0 heteroatoms. The molecule has 2 rings (SSSR count). The van der Waals surface area contributed by atoms with Crippen LogP contribution in [0.2, 0.25) is 0 Å². The molecule has 0 saturated carbocycles. The lowest BCUT2D eigenvalue weighted by molar-refractivity contribution is 1.14. The molecule has 0 amide bonds. The highest BCUT2D eigenvalue weighted by atomic mass is 13.9. The van der Waals surface area contributed by atoms with Gasteiger partial charge in [0.2, 0.25) is 0 Å². The van der Waals surface area contributed by atoms with Crippen molar-refractivity contribution < 1.29 is 0 Å². The normalized spacial score (nSPS) is 7.71. The average Bonchev–Trinajstić information content (AvgIpc) is 2.62. The van der Waals surface area contributed by atoms with Crippen molar-refractivity contribution in [3.63, 3.8) is 0 Å². The van der Waals surface area contributed by atoms with E-state index in [1.54, 1.807) is 0 Å². The van der Waals surface area contributed by atoms with E-state index in [-0.39, 0.29) is 0 Å². The van der Waals surface area contributed by atoms with E-state index in [1.165, 1.54) is 22.3 Å². The molecule has 136 valence electrons. The first kappa shape index (κ1) is 27.0. The molecule has 0 radical (unpaired) electrons. The molecule has 2 aromatic carbocycles. The van der Waals surface area contributed by atoms with Gasteiger partial charge in [-0.1, -0.05) is 106 Å². The number of hydrogen-bond donors (Lipinski definition) is 0. The molecule has 2 aromatic rings. The van der Waals surface area contributed by atoms with Gasteiger partial charge in [-0.15, -0.1) is 6.58 Å². The van der Waals surface area contributed by atoms with E-state index in [9.17, 15) is 0 Å². The minimum atomic E-state index is 1.14. The van der Waals surface area contributed by atoms with Crippen LogP contribution in [-0.2, 0) is 6.42 Å². The van der Waals surface area contributed by atoms with Crippen LogP contribution in [0.5, 0.6) is 0 Å². The van der Waals surface area contributed by atoms with Crippen molar-refractivity contribution in [2.24, 2.45) is 0 Å². The van der Waals surface area contributed by atoms with Crippen LogP contribution >= 0.6 is 0 Å². The lowest BCUT2D eigenvalue weighted by Gasteiger charge is -1.90. The molecule has 0 aliphatic heterocycles. The van der Waals surface area contributed by atoms with Gasteiger partial charge in [-0.25, -0.2) is 0 Å². The van der Waals surface area contributed by atoms with Gasteiger partial charge in [-0.3, -0.25) is 0 Å².